The van der Waals surface area contributed by atoms with Crippen LogP contribution in [0.5, 0.6) is 0 Å². The first-order valence-electron chi connectivity index (χ1n) is 5.44. The van der Waals surface area contributed by atoms with Crippen LogP contribution in [0, 0.1) is 17.8 Å². The van der Waals surface area contributed by atoms with Crippen molar-refractivity contribution in [3.05, 3.63) is 60.2 Å². The molecule has 2 rings (SSSR count). The van der Waals surface area contributed by atoms with Gasteiger partial charge in [0.05, 0.1) is 0 Å². The number of allylic oxidation sites excluding steroid dienone is 3. The molecule has 1 N–H and O–H groups in total. The SMILES string of the molecule is O[C@H](C#Cc1ccccc1)[C@H]1C=CC=CC1. The minimum atomic E-state index is -0.582. The van der Waals surface area contributed by atoms with E-state index in [-0.39, 0.29) is 5.92 Å². The predicted octanol–water partition coefficient (Wildman–Crippen LogP) is 2.53. The maximum Gasteiger partial charge on any atom is 0.121 e. The standard InChI is InChI=1S/C15H14O/c16-15(14-9-5-2-6-10-14)12-11-13-7-3-1-4-8-13/h1-9,14-16H,10H2/t14-,15+/m0/s1. The van der Waals surface area contributed by atoms with Crippen LogP contribution in [0.4, 0.5) is 0 Å². The zero-order valence-corrected chi connectivity index (χ0v) is 9.01. The van der Waals surface area contributed by atoms with E-state index in [2.05, 4.69) is 17.9 Å². The first-order chi connectivity index (χ1) is 7.86. The van der Waals surface area contributed by atoms with Crippen molar-refractivity contribution in [1.29, 1.82) is 0 Å². The van der Waals surface area contributed by atoms with Crippen LogP contribution in [0.15, 0.2) is 54.6 Å². The van der Waals surface area contributed by atoms with Gasteiger partial charge in [0.15, 0.2) is 0 Å². The number of benzene rings is 1. The lowest BCUT2D eigenvalue weighted by molar-refractivity contribution is 0.186. The highest BCUT2D eigenvalue weighted by Crippen LogP contribution is 2.15. The molecule has 0 radical (unpaired) electrons. The third kappa shape index (κ3) is 2.85. The van der Waals surface area contributed by atoms with Crippen molar-refractivity contribution >= 4 is 0 Å². The summed E-state index contributed by atoms with van der Waals surface area (Å²) in [5.74, 6) is 6.00. The monoisotopic (exact) mass is 210 g/mol. The second-order valence-electron chi connectivity index (χ2n) is 3.79. The topological polar surface area (TPSA) is 20.2 Å². The van der Waals surface area contributed by atoms with Crippen molar-refractivity contribution < 1.29 is 5.11 Å². The Kier molecular flexibility index (Phi) is 3.58. The Hall–Kier alpha value is -1.78. The Morgan fingerprint density at radius 3 is 2.69 bits per heavy atom. The predicted molar refractivity (Wildman–Crippen MR) is 65.7 cm³/mol. The first kappa shape index (κ1) is 10.7. The van der Waals surface area contributed by atoms with E-state index in [0.29, 0.717) is 0 Å². The van der Waals surface area contributed by atoms with Crippen molar-refractivity contribution in [2.24, 2.45) is 5.92 Å². The molecule has 2 atom stereocenters. The molecule has 0 saturated carbocycles. The van der Waals surface area contributed by atoms with Crippen LogP contribution in [-0.2, 0) is 0 Å². The maximum absolute atomic E-state index is 9.88. The molecule has 0 saturated heterocycles. The molecule has 0 unspecified atom stereocenters. The summed E-state index contributed by atoms with van der Waals surface area (Å²) in [7, 11) is 0. The van der Waals surface area contributed by atoms with Gasteiger partial charge >= 0.3 is 0 Å². The quantitative estimate of drug-likeness (QED) is 0.706. The summed E-state index contributed by atoms with van der Waals surface area (Å²) < 4.78 is 0. The summed E-state index contributed by atoms with van der Waals surface area (Å²) in [5, 5.41) is 9.88. The summed E-state index contributed by atoms with van der Waals surface area (Å²) >= 11 is 0. The molecule has 0 spiro atoms. The van der Waals surface area contributed by atoms with Gasteiger partial charge in [0, 0.05) is 11.5 Å². The Morgan fingerprint density at radius 2 is 2.00 bits per heavy atom. The molecule has 1 aliphatic rings. The van der Waals surface area contributed by atoms with E-state index in [0.717, 1.165) is 12.0 Å². The first-order valence-corrected chi connectivity index (χ1v) is 5.44. The lowest BCUT2D eigenvalue weighted by atomic mass is 9.95. The van der Waals surface area contributed by atoms with E-state index in [1.807, 2.05) is 48.6 Å². The van der Waals surface area contributed by atoms with E-state index in [9.17, 15) is 5.11 Å². The Labute approximate surface area is 96.1 Å². The Morgan fingerprint density at radius 1 is 1.19 bits per heavy atom. The molecule has 16 heavy (non-hydrogen) atoms. The van der Waals surface area contributed by atoms with Crippen LogP contribution in [0.1, 0.15) is 12.0 Å². The average molecular weight is 210 g/mol. The Balaban J connectivity index is 2.02. The number of aliphatic hydroxyl groups is 1. The molecule has 1 nitrogen and oxygen atoms in total. The third-order valence-corrected chi connectivity index (χ3v) is 2.56. The van der Waals surface area contributed by atoms with Crippen molar-refractivity contribution in [2.75, 3.05) is 0 Å². The van der Waals surface area contributed by atoms with Crippen LogP contribution < -0.4 is 0 Å². The molecular weight excluding hydrogens is 196 g/mol. The lowest BCUT2D eigenvalue weighted by Gasteiger charge is -2.14. The van der Waals surface area contributed by atoms with Gasteiger partial charge in [-0.3, -0.25) is 0 Å². The van der Waals surface area contributed by atoms with E-state index in [4.69, 9.17) is 0 Å². The summed E-state index contributed by atoms with van der Waals surface area (Å²) in [4.78, 5) is 0. The summed E-state index contributed by atoms with van der Waals surface area (Å²) in [6.45, 7) is 0. The van der Waals surface area contributed by atoms with Gasteiger partial charge in [-0.2, -0.15) is 0 Å². The molecule has 1 heteroatoms. The van der Waals surface area contributed by atoms with Crippen molar-refractivity contribution in [1.82, 2.24) is 0 Å². The molecule has 1 aromatic rings. The van der Waals surface area contributed by atoms with Gasteiger partial charge in [0.1, 0.15) is 6.10 Å². The summed E-state index contributed by atoms with van der Waals surface area (Å²) in [6.07, 6.45) is 8.29. The molecule has 0 heterocycles. The molecular formula is C15H14O. The highest BCUT2D eigenvalue weighted by Gasteiger charge is 2.13. The molecule has 0 aliphatic heterocycles. The van der Waals surface area contributed by atoms with Crippen LogP contribution in [0.25, 0.3) is 0 Å². The highest BCUT2D eigenvalue weighted by atomic mass is 16.3. The second-order valence-corrected chi connectivity index (χ2v) is 3.79. The minimum Gasteiger partial charge on any atom is -0.380 e. The average Bonchev–Trinajstić information content (AvgIpc) is 2.38. The molecule has 1 aromatic carbocycles. The number of hydrogen-bond acceptors (Lipinski definition) is 1. The van der Waals surface area contributed by atoms with Gasteiger partial charge in [-0.1, -0.05) is 54.3 Å². The molecule has 0 aromatic heterocycles. The van der Waals surface area contributed by atoms with Gasteiger partial charge in [-0.15, -0.1) is 0 Å². The third-order valence-electron chi connectivity index (χ3n) is 2.56. The summed E-state index contributed by atoms with van der Waals surface area (Å²) in [5.41, 5.74) is 0.942. The van der Waals surface area contributed by atoms with Crippen molar-refractivity contribution in [3.8, 4) is 11.8 Å². The largest absolute Gasteiger partial charge is 0.380 e. The number of rotatable bonds is 1. The zero-order valence-electron chi connectivity index (χ0n) is 9.01. The lowest BCUT2D eigenvalue weighted by Crippen LogP contribution is -2.16. The van der Waals surface area contributed by atoms with E-state index < -0.39 is 6.10 Å². The fraction of sp³-hybridized carbons (Fsp3) is 0.200. The van der Waals surface area contributed by atoms with E-state index in [1.54, 1.807) is 0 Å². The van der Waals surface area contributed by atoms with E-state index >= 15 is 0 Å². The van der Waals surface area contributed by atoms with Gasteiger partial charge in [-0.25, -0.2) is 0 Å². The van der Waals surface area contributed by atoms with Crippen molar-refractivity contribution in [2.45, 2.75) is 12.5 Å². The van der Waals surface area contributed by atoms with Crippen molar-refractivity contribution in [3.63, 3.8) is 0 Å². The number of hydrogen-bond donors (Lipinski definition) is 1. The molecule has 0 amide bonds. The highest BCUT2D eigenvalue weighted by molar-refractivity contribution is 5.35. The Bertz CT molecular complexity index is 445. The van der Waals surface area contributed by atoms with Gasteiger partial charge in [0.25, 0.3) is 0 Å². The minimum absolute atomic E-state index is 0.126. The van der Waals surface area contributed by atoms with Crippen LogP contribution in [0.2, 0.25) is 0 Å². The fourth-order valence-corrected chi connectivity index (χ4v) is 1.62. The summed E-state index contributed by atoms with van der Waals surface area (Å²) in [6, 6.07) is 9.72. The second kappa shape index (κ2) is 5.34. The van der Waals surface area contributed by atoms with Gasteiger partial charge in [0.2, 0.25) is 0 Å². The van der Waals surface area contributed by atoms with Gasteiger partial charge in [-0.05, 0) is 18.6 Å². The smallest absolute Gasteiger partial charge is 0.121 e. The number of aliphatic hydroxyl groups excluding tert-OH is 1. The molecule has 0 bridgehead atoms. The maximum atomic E-state index is 9.88. The van der Waals surface area contributed by atoms with Crippen LogP contribution in [-0.4, -0.2) is 11.2 Å². The normalized spacial score (nSPS) is 19.9. The van der Waals surface area contributed by atoms with Crippen LogP contribution >= 0.6 is 0 Å². The molecule has 80 valence electrons. The molecule has 0 fully saturated rings. The van der Waals surface area contributed by atoms with E-state index in [1.165, 1.54) is 0 Å². The van der Waals surface area contributed by atoms with Gasteiger partial charge < -0.3 is 5.11 Å². The fourth-order valence-electron chi connectivity index (χ4n) is 1.62. The van der Waals surface area contributed by atoms with Crippen LogP contribution in [0.3, 0.4) is 0 Å². The molecule has 1 aliphatic carbocycles. The zero-order chi connectivity index (χ0) is 11.2.